The molecule has 1 aromatic carbocycles. The van der Waals surface area contributed by atoms with E-state index in [0.717, 1.165) is 47.0 Å². The van der Waals surface area contributed by atoms with Gasteiger partial charge in [-0.3, -0.25) is 4.21 Å². The molecule has 0 amide bonds. The molecule has 0 radical (unpaired) electrons. The van der Waals surface area contributed by atoms with Gasteiger partial charge in [0, 0.05) is 34.4 Å². The van der Waals surface area contributed by atoms with Crippen molar-refractivity contribution in [2.45, 2.75) is 24.8 Å². The van der Waals surface area contributed by atoms with E-state index < -0.39 is 10.8 Å². The average Bonchev–Trinajstić information content (AvgIpc) is 2.85. The minimum atomic E-state index is -0.662. The Morgan fingerprint density at radius 1 is 1.45 bits per heavy atom. The highest BCUT2D eigenvalue weighted by molar-refractivity contribution is 7.85. The van der Waals surface area contributed by atoms with Crippen molar-refractivity contribution in [3.63, 3.8) is 0 Å². The molecule has 1 fully saturated rings. The largest absolute Gasteiger partial charge is 0.497 e. The lowest BCUT2D eigenvalue weighted by Crippen LogP contribution is -2.22. The minimum absolute atomic E-state index is 0.332. The molecule has 1 aliphatic rings. The number of hydrogen-bond donors (Lipinski definition) is 0. The van der Waals surface area contributed by atoms with Crippen molar-refractivity contribution in [3.05, 3.63) is 24.0 Å². The van der Waals surface area contributed by atoms with Crippen LogP contribution in [0.15, 0.2) is 18.2 Å². The highest BCUT2D eigenvalue weighted by Crippen LogP contribution is 2.31. The molecule has 0 aliphatic carbocycles. The quantitative estimate of drug-likeness (QED) is 0.819. The molecule has 20 heavy (non-hydrogen) atoms. The van der Waals surface area contributed by atoms with Crippen molar-refractivity contribution in [2.75, 3.05) is 18.6 Å². The molecule has 0 spiro atoms. The lowest BCUT2D eigenvalue weighted by Gasteiger charge is -2.25. The molecule has 0 atom stereocenters. The van der Waals surface area contributed by atoms with Gasteiger partial charge in [0.1, 0.15) is 11.6 Å². The van der Waals surface area contributed by atoms with E-state index in [1.807, 2.05) is 18.2 Å². The highest BCUT2D eigenvalue weighted by atomic mass is 35.5. The summed E-state index contributed by atoms with van der Waals surface area (Å²) in [5, 5.41) is 0. The lowest BCUT2D eigenvalue weighted by atomic mass is 10.1. The molecule has 1 aliphatic heterocycles. The van der Waals surface area contributed by atoms with Gasteiger partial charge in [0.15, 0.2) is 0 Å². The van der Waals surface area contributed by atoms with E-state index in [-0.39, 0.29) is 0 Å². The van der Waals surface area contributed by atoms with Gasteiger partial charge in [0.25, 0.3) is 0 Å². The molecule has 1 saturated heterocycles. The van der Waals surface area contributed by atoms with Gasteiger partial charge in [-0.1, -0.05) is 0 Å². The van der Waals surface area contributed by atoms with E-state index in [0.29, 0.717) is 11.9 Å². The Morgan fingerprint density at radius 2 is 2.20 bits per heavy atom. The topological polar surface area (TPSA) is 44.1 Å². The zero-order chi connectivity index (χ0) is 14.1. The maximum atomic E-state index is 11.5. The third-order valence-electron chi connectivity index (χ3n) is 3.81. The van der Waals surface area contributed by atoms with Crippen molar-refractivity contribution < 1.29 is 8.95 Å². The summed E-state index contributed by atoms with van der Waals surface area (Å²) in [5.41, 5.74) is 1.99. The number of methoxy groups -OCH3 is 1. The Balaban J connectivity index is 2.08. The van der Waals surface area contributed by atoms with Gasteiger partial charge in [-0.15, -0.1) is 11.6 Å². The second kappa shape index (κ2) is 5.74. The van der Waals surface area contributed by atoms with Gasteiger partial charge in [0.2, 0.25) is 0 Å². The van der Waals surface area contributed by atoms with Gasteiger partial charge < -0.3 is 9.30 Å². The van der Waals surface area contributed by atoms with E-state index in [4.69, 9.17) is 16.3 Å². The van der Waals surface area contributed by atoms with Crippen LogP contribution in [-0.2, 0) is 16.7 Å². The average molecular weight is 313 g/mol. The van der Waals surface area contributed by atoms with Gasteiger partial charge in [0.05, 0.1) is 24.0 Å². The number of halogens is 1. The van der Waals surface area contributed by atoms with Crippen LogP contribution in [0.25, 0.3) is 11.0 Å². The van der Waals surface area contributed by atoms with Crippen molar-refractivity contribution in [3.8, 4) is 5.75 Å². The summed E-state index contributed by atoms with van der Waals surface area (Å²) in [5.74, 6) is 3.61. The number of hydrogen-bond acceptors (Lipinski definition) is 3. The normalized spacial score (nSPS) is 23.1. The summed E-state index contributed by atoms with van der Waals surface area (Å²) in [4.78, 5) is 4.60. The molecular weight excluding hydrogens is 296 g/mol. The molecule has 3 rings (SSSR count). The first-order valence-electron chi connectivity index (χ1n) is 6.68. The second-order valence-corrected chi connectivity index (χ2v) is 6.93. The number of nitrogens with zero attached hydrogens (tertiary/aromatic N) is 2. The standard InChI is InChI=1S/C14H17ClN2O2S/c1-19-11-2-3-12-13(8-11)17(14(9-15)16-12)10-4-6-20(18)7-5-10/h2-3,8,10H,4-7,9H2,1H3. The second-order valence-electron chi connectivity index (χ2n) is 4.97. The fraction of sp³-hybridized carbons (Fsp3) is 0.500. The minimum Gasteiger partial charge on any atom is -0.497 e. The third-order valence-corrected chi connectivity index (χ3v) is 5.43. The molecule has 2 aromatic rings. The first kappa shape index (κ1) is 13.9. The molecule has 6 heteroatoms. The zero-order valence-corrected chi connectivity index (χ0v) is 12.9. The highest BCUT2D eigenvalue weighted by Gasteiger charge is 2.23. The zero-order valence-electron chi connectivity index (χ0n) is 11.3. The number of imidazole rings is 1. The Kier molecular flexibility index (Phi) is 3.98. The summed E-state index contributed by atoms with van der Waals surface area (Å²) in [6.45, 7) is 0. The fourth-order valence-corrected chi connectivity index (χ4v) is 4.25. The number of ether oxygens (including phenoxy) is 1. The SMILES string of the molecule is COc1ccc2nc(CCl)n(C3CCS(=O)CC3)c2c1. The van der Waals surface area contributed by atoms with Crippen molar-refractivity contribution in [1.82, 2.24) is 9.55 Å². The number of rotatable bonds is 3. The fourth-order valence-electron chi connectivity index (χ4n) is 2.79. The molecule has 108 valence electrons. The monoisotopic (exact) mass is 312 g/mol. The van der Waals surface area contributed by atoms with E-state index in [1.165, 1.54) is 0 Å². The van der Waals surface area contributed by atoms with E-state index >= 15 is 0 Å². The Morgan fingerprint density at radius 3 is 2.85 bits per heavy atom. The van der Waals surface area contributed by atoms with E-state index in [9.17, 15) is 4.21 Å². The Hall–Kier alpha value is -1.07. The van der Waals surface area contributed by atoms with Crippen molar-refractivity contribution in [2.24, 2.45) is 0 Å². The molecule has 0 saturated carbocycles. The van der Waals surface area contributed by atoms with Crippen molar-refractivity contribution >= 4 is 33.4 Å². The Bertz CT molecular complexity index is 646. The molecule has 0 bridgehead atoms. The van der Waals surface area contributed by atoms with Crippen molar-refractivity contribution in [1.29, 1.82) is 0 Å². The van der Waals surface area contributed by atoms with Crippen LogP contribution in [-0.4, -0.2) is 32.4 Å². The van der Waals surface area contributed by atoms with Crippen LogP contribution in [0.5, 0.6) is 5.75 Å². The maximum Gasteiger partial charge on any atom is 0.125 e. The number of alkyl halides is 1. The summed E-state index contributed by atoms with van der Waals surface area (Å²) in [6, 6.07) is 6.21. The van der Waals surface area contributed by atoms with Crippen LogP contribution >= 0.6 is 11.6 Å². The van der Waals surface area contributed by atoms with Gasteiger partial charge in [-0.2, -0.15) is 0 Å². The smallest absolute Gasteiger partial charge is 0.125 e. The molecule has 2 heterocycles. The van der Waals surface area contributed by atoms with Crippen LogP contribution < -0.4 is 4.74 Å². The summed E-state index contributed by atoms with van der Waals surface area (Å²) in [6.07, 6.45) is 1.83. The Labute approximate surface area is 125 Å². The summed E-state index contributed by atoms with van der Waals surface area (Å²) >= 11 is 6.05. The van der Waals surface area contributed by atoms with Crippen LogP contribution in [0.1, 0.15) is 24.7 Å². The molecular formula is C14H17ClN2O2S. The van der Waals surface area contributed by atoms with Gasteiger partial charge >= 0.3 is 0 Å². The van der Waals surface area contributed by atoms with Crippen LogP contribution in [0.2, 0.25) is 0 Å². The van der Waals surface area contributed by atoms with Crippen LogP contribution in [0.3, 0.4) is 0 Å². The van der Waals surface area contributed by atoms with E-state index in [1.54, 1.807) is 7.11 Å². The lowest BCUT2D eigenvalue weighted by molar-refractivity contribution is 0.414. The maximum absolute atomic E-state index is 11.5. The molecule has 1 aromatic heterocycles. The van der Waals surface area contributed by atoms with Crippen LogP contribution in [0, 0.1) is 0 Å². The third kappa shape index (κ3) is 2.44. The van der Waals surface area contributed by atoms with Gasteiger partial charge in [-0.05, 0) is 25.0 Å². The van der Waals surface area contributed by atoms with Gasteiger partial charge in [-0.25, -0.2) is 4.98 Å². The predicted octanol–water partition coefficient (Wildman–Crippen LogP) is 2.87. The van der Waals surface area contributed by atoms with Crippen LogP contribution in [0.4, 0.5) is 0 Å². The molecule has 4 nitrogen and oxygen atoms in total. The van der Waals surface area contributed by atoms with E-state index in [2.05, 4.69) is 9.55 Å². The molecule has 0 unspecified atom stereocenters. The molecule has 0 N–H and O–H groups in total. The number of fused-ring (bicyclic) bond motifs is 1. The number of benzene rings is 1. The first-order valence-corrected chi connectivity index (χ1v) is 8.71. The number of aromatic nitrogens is 2. The first-order chi connectivity index (χ1) is 9.72. The summed E-state index contributed by atoms with van der Waals surface area (Å²) < 4.78 is 19.0. The summed E-state index contributed by atoms with van der Waals surface area (Å²) in [7, 11) is 0.999. The predicted molar refractivity (Wildman–Crippen MR) is 82.0 cm³/mol.